The SMILES string of the molecule is CC(C)(C)OC(=O)NCc1cncc(N)c1C(=O)O. The van der Waals surface area contributed by atoms with Gasteiger partial charge in [-0.25, -0.2) is 9.59 Å². The number of carboxylic acid groups (broad SMARTS) is 1. The van der Waals surface area contributed by atoms with Gasteiger partial charge in [0.15, 0.2) is 0 Å². The van der Waals surface area contributed by atoms with E-state index in [0.717, 1.165) is 0 Å². The number of rotatable bonds is 3. The number of nitrogens with one attached hydrogen (secondary N) is 1. The van der Waals surface area contributed by atoms with E-state index in [1.165, 1.54) is 12.4 Å². The molecule has 7 heteroatoms. The molecule has 1 aromatic rings. The molecule has 0 aliphatic carbocycles. The summed E-state index contributed by atoms with van der Waals surface area (Å²) >= 11 is 0. The molecule has 19 heavy (non-hydrogen) atoms. The van der Waals surface area contributed by atoms with E-state index in [9.17, 15) is 9.59 Å². The molecule has 7 nitrogen and oxygen atoms in total. The van der Waals surface area contributed by atoms with E-state index in [-0.39, 0.29) is 17.8 Å². The largest absolute Gasteiger partial charge is 0.478 e. The minimum absolute atomic E-state index is 0.0193. The number of aromatic nitrogens is 1. The number of alkyl carbamates (subject to hydrolysis) is 1. The maximum absolute atomic E-state index is 11.5. The number of amides is 1. The highest BCUT2D eigenvalue weighted by molar-refractivity contribution is 5.95. The van der Waals surface area contributed by atoms with Gasteiger partial charge < -0.3 is 20.9 Å². The van der Waals surface area contributed by atoms with Gasteiger partial charge in [-0.3, -0.25) is 4.98 Å². The fourth-order valence-electron chi connectivity index (χ4n) is 1.40. The Morgan fingerprint density at radius 3 is 2.58 bits per heavy atom. The average Bonchev–Trinajstić information content (AvgIpc) is 2.23. The number of nitrogens with two attached hydrogens (primary N) is 1. The third-order valence-electron chi connectivity index (χ3n) is 2.09. The van der Waals surface area contributed by atoms with Crippen LogP contribution in [-0.4, -0.2) is 27.8 Å². The number of hydrogen-bond acceptors (Lipinski definition) is 5. The Balaban J connectivity index is 2.76. The molecule has 0 fully saturated rings. The summed E-state index contributed by atoms with van der Waals surface area (Å²) in [7, 11) is 0. The lowest BCUT2D eigenvalue weighted by atomic mass is 10.1. The average molecular weight is 267 g/mol. The predicted molar refractivity (Wildman–Crippen MR) is 68.7 cm³/mol. The van der Waals surface area contributed by atoms with E-state index in [4.69, 9.17) is 15.6 Å². The van der Waals surface area contributed by atoms with Crippen molar-refractivity contribution in [3.8, 4) is 0 Å². The predicted octanol–water partition coefficient (Wildman–Crippen LogP) is 1.39. The van der Waals surface area contributed by atoms with Gasteiger partial charge in [0.25, 0.3) is 0 Å². The van der Waals surface area contributed by atoms with Gasteiger partial charge in [0, 0.05) is 18.3 Å². The molecule has 0 saturated heterocycles. The van der Waals surface area contributed by atoms with E-state index in [1.807, 2.05) is 0 Å². The van der Waals surface area contributed by atoms with Gasteiger partial charge in [-0.2, -0.15) is 0 Å². The second kappa shape index (κ2) is 5.55. The zero-order chi connectivity index (χ0) is 14.6. The number of ether oxygens (including phenoxy) is 1. The van der Waals surface area contributed by atoms with Crippen LogP contribution in [0.4, 0.5) is 10.5 Å². The van der Waals surface area contributed by atoms with Crippen LogP contribution < -0.4 is 11.1 Å². The Kier molecular flexibility index (Phi) is 4.31. The van der Waals surface area contributed by atoms with Crippen molar-refractivity contribution in [2.24, 2.45) is 0 Å². The van der Waals surface area contributed by atoms with Crippen LogP contribution in [-0.2, 0) is 11.3 Å². The monoisotopic (exact) mass is 267 g/mol. The lowest BCUT2D eigenvalue weighted by molar-refractivity contribution is 0.0521. The van der Waals surface area contributed by atoms with Crippen molar-refractivity contribution in [2.75, 3.05) is 5.73 Å². The number of aromatic carboxylic acids is 1. The number of nitrogen functional groups attached to an aromatic ring is 1. The topological polar surface area (TPSA) is 115 Å². The van der Waals surface area contributed by atoms with E-state index in [2.05, 4.69) is 10.3 Å². The summed E-state index contributed by atoms with van der Waals surface area (Å²) in [4.78, 5) is 26.3. The van der Waals surface area contributed by atoms with Crippen molar-refractivity contribution in [1.29, 1.82) is 0 Å². The Morgan fingerprint density at radius 1 is 1.42 bits per heavy atom. The molecule has 4 N–H and O–H groups in total. The summed E-state index contributed by atoms with van der Waals surface area (Å²) < 4.78 is 5.04. The molecule has 0 aromatic carbocycles. The van der Waals surface area contributed by atoms with Crippen LogP contribution in [0.1, 0.15) is 36.7 Å². The number of nitrogens with zero attached hydrogens (tertiary/aromatic N) is 1. The van der Waals surface area contributed by atoms with Crippen molar-refractivity contribution < 1.29 is 19.4 Å². The lowest BCUT2D eigenvalue weighted by Gasteiger charge is -2.19. The normalized spacial score (nSPS) is 10.9. The molecule has 1 rings (SSSR count). The number of anilines is 1. The minimum Gasteiger partial charge on any atom is -0.478 e. The molecule has 1 aromatic heterocycles. The Morgan fingerprint density at radius 2 is 2.05 bits per heavy atom. The second-order valence-corrected chi connectivity index (χ2v) is 4.92. The van der Waals surface area contributed by atoms with Gasteiger partial charge in [0.05, 0.1) is 17.4 Å². The molecule has 0 spiro atoms. The number of pyridine rings is 1. The van der Waals surface area contributed by atoms with Gasteiger partial charge in [-0.1, -0.05) is 0 Å². The van der Waals surface area contributed by atoms with Crippen LogP contribution in [0.15, 0.2) is 12.4 Å². The van der Waals surface area contributed by atoms with E-state index in [1.54, 1.807) is 20.8 Å². The molecular formula is C12H17N3O4. The van der Waals surface area contributed by atoms with Crippen LogP contribution in [0.3, 0.4) is 0 Å². The fourth-order valence-corrected chi connectivity index (χ4v) is 1.40. The Bertz CT molecular complexity index is 494. The molecule has 0 unspecified atom stereocenters. The van der Waals surface area contributed by atoms with Crippen molar-refractivity contribution in [3.05, 3.63) is 23.5 Å². The first-order valence-electron chi connectivity index (χ1n) is 5.63. The summed E-state index contributed by atoms with van der Waals surface area (Å²) in [6, 6.07) is 0. The van der Waals surface area contributed by atoms with Gasteiger partial charge in [-0.15, -0.1) is 0 Å². The second-order valence-electron chi connectivity index (χ2n) is 4.92. The zero-order valence-electron chi connectivity index (χ0n) is 11.1. The van der Waals surface area contributed by atoms with E-state index < -0.39 is 17.7 Å². The highest BCUT2D eigenvalue weighted by Crippen LogP contribution is 2.15. The molecule has 104 valence electrons. The first kappa shape index (κ1) is 14.7. The van der Waals surface area contributed by atoms with Crippen LogP contribution in [0.25, 0.3) is 0 Å². The molecule has 0 radical (unpaired) electrons. The van der Waals surface area contributed by atoms with E-state index >= 15 is 0 Å². The highest BCUT2D eigenvalue weighted by atomic mass is 16.6. The van der Waals surface area contributed by atoms with Crippen LogP contribution in [0, 0.1) is 0 Å². The standard InChI is InChI=1S/C12H17N3O4/c1-12(2,3)19-11(18)15-5-7-4-14-6-8(13)9(7)10(16)17/h4,6H,5,13H2,1-3H3,(H,15,18)(H,16,17). The van der Waals surface area contributed by atoms with Crippen molar-refractivity contribution >= 4 is 17.7 Å². The smallest absolute Gasteiger partial charge is 0.407 e. The van der Waals surface area contributed by atoms with Crippen LogP contribution in [0.5, 0.6) is 0 Å². The molecule has 0 saturated carbocycles. The summed E-state index contributed by atoms with van der Waals surface area (Å²) in [6.07, 6.45) is 1.96. The fraction of sp³-hybridized carbons (Fsp3) is 0.417. The van der Waals surface area contributed by atoms with Crippen molar-refractivity contribution in [2.45, 2.75) is 32.9 Å². The number of carbonyl (C=O) groups excluding carboxylic acids is 1. The van der Waals surface area contributed by atoms with Crippen LogP contribution in [0.2, 0.25) is 0 Å². The summed E-state index contributed by atoms with van der Waals surface area (Å²) in [6.45, 7) is 5.18. The number of hydrogen-bond donors (Lipinski definition) is 3. The third-order valence-corrected chi connectivity index (χ3v) is 2.09. The third kappa shape index (κ3) is 4.46. The van der Waals surface area contributed by atoms with E-state index in [0.29, 0.717) is 5.56 Å². The van der Waals surface area contributed by atoms with Gasteiger partial charge >= 0.3 is 12.1 Å². The number of carboxylic acids is 1. The van der Waals surface area contributed by atoms with Gasteiger partial charge in [-0.05, 0) is 20.8 Å². The zero-order valence-corrected chi connectivity index (χ0v) is 11.1. The molecule has 0 bridgehead atoms. The molecule has 1 heterocycles. The van der Waals surface area contributed by atoms with Crippen molar-refractivity contribution in [1.82, 2.24) is 10.3 Å². The molecule has 1 amide bonds. The molecule has 0 aliphatic heterocycles. The van der Waals surface area contributed by atoms with Crippen molar-refractivity contribution in [3.63, 3.8) is 0 Å². The summed E-state index contributed by atoms with van der Waals surface area (Å²) in [5, 5.41) is 11.5. The van der Waals surface area contributed by atoms with Crippen LogP contribution >= 0.6 is 0 Å². The summed E-state index contributed by atoms with van der Waals surface area (Å²) in [5.74, 6) is -1.17. The van der Waals surface area contributed by atoms with Gasteiger partial charge in [0.1, 0.15) is 5.60 Å². The first-order valence-corrected chi connectivity index (χ1v) is 5.63. The molecule has 0 aliphatic rings. The van der Waals surface area contributed by atoms with Gasteiger partial charge in [0.2, 0.25) is 0 Å². The Labute approximate surface area is 110 Å². The molecular weight excluding hydrogens is 250 g/mol. The number of carbonyl (C=O) groups is 2. The minimum atomic E-state index is -1.17. The highest BCUT2D eigenvalue weighted by Gasteiger charge is 2.18. The molecule has 0 atom stereocenters. The summed E-state index contributed by atoms with van der Waals surface area (Å²) in [5.41, 5.74) is 5.23. The quantitative estimate of drug-likeness (QED) is 0.762. The first-order chi connectivity index (χ1) is 8.70. The maximum Gasteiger partial charge on any atom is 0.407 e. The Hall–Kier alpha value is -2.31. The lowest BCUT2D eigenvalue weighted by Crippen LogP contribution is -2.32. The maximum atomic E-state index is 11.5.